The van der Waals surface area contributed by atoms with Gasteiger partial charge < -0.3 is 9.47 Å². The molecule has 2 aliphatic heterocycles. The van der Waals surface area contributed by atoms with Crippen molar-refractivity contribution in [2.75, 3.05) is 5.75 Å². The third kappa shape index (κ3) is 8.53. The molecule has 0 spiro atoms. The van der Waals surface area contributed by atoms with Gasteiger partial charge in [0.25, 0.3) is 0 Å². The Morgan fingerprint density at radius 2 is 1.70 bits per heavy atom. The van der Waals surface area contributed by atoms with Gasteiger partial charge in [-0.05, 0) is 80.9 Å². The Morgan fingerprint density at radius 1 is 1.00 bits per heavy atom. The van der Waals surface area contributed by atoms with E-state index in [0.717, 1.165) is 44.9 Å². The molecule has 0 aromatic heterocycles. The molecule has 5 heteroatoms. The van der Waals surface area contributed by atoms with E-state index in [9.17, 15) is 8.42 Å². The number of unbranched alkanes of at least 4 members (excludes halogenated alkanes) is 2. The van der Waals surface area contributed by atoms with Crippen LogP contribution in [0.3, 0.4) is 0 Å². The van der Waals surface area contributed by atoms with E-state index in [1.807, 2.05) is 6.07 Å². The average molecular weight is 531 g/mol. The van der Waals surface area contributed by atoms with E-state index in [0.29, 0.717) is 22.8 Å². The highest BCUT2D eigenvalue weighted by Gasteiger charge is 2.44. The van der Waals surface area contributed by atoms with Crippen LogP contribution in [-0.4, -0.2) is 38.6 Å². The lowest BCUT2D eigenvalue weighted by Gasteiger charge is -2.25. The minimum atomic E-state index is -3.37. The summed E-state index contributed by atoms with van der Waals surface area (Å²) in [6, 6.07) is 8.86. The minimum Gasteiger partial charge on any atom is -0.374 e. The van der Waals surface area contributed by atoms with Gasteiger partial charge in [-0.2, -0.15) is 0 Å². The molecular formula is C32H50O4S. The number of ether oxygens (including phenoxy) is 2. The zero-order valence-electron chi connectivity index (χ0n) is 23.8. The van der Waals surface area contributed by atoms with E-state index in [1.165, 1.54) is 17.6 Å². The molecule has 37 heavy (non-hydrogen) atoms. The predicted octanol–water partition coefficient (Wildman–Crippen LogP) is 7.79. The number of allylic oxidation sites excluding steroid dienone is 1. The highest BCUT2D eigenvalue weighted by molar-refractivity contribution is 7.91. The Kier molecular flexibility index (Phi) is 11.0. The molecule has 4 nitrogen and oxygen atoms in total. The van der Waals surface area contributed by atoms with Crippen molar-refractivity contribution >= 4 is 9.84 Å². The fourth-order valence-corrected chi connectivity index (χ4v) is 7.87. The summed E-state index contributed by atoms with van der Waals surface area (Å²) in [7, 11) is -3.37. The van der Waals surface area contributed by atoms with Crippen LogP contribution < -0.4 is 0 Å². The Labute approximate surface area is 226 Å². The second kappa shape index (κ2) is 13.6. The van der Waals surface area contributed by atoms with E-state index in [-0.39, 0.29) is 35.9 Å². The molecule has 2 aliphatic rings. The molecular weight excluding hydrogens is 480 g/mol. The molecule has 0 N–H and O–H groups in total. The van der Waals surface area contributed by atoms with Crippen LogP contribution in [0.2, 0.25) is 0 Å². The molecule has 0 bridgehead atoms. The molecule has 2 saturated heterocycles. The molecule has 0 radical (unpaired) electrons. The SMILES string of the molecule is C=C(CCCCCC1O[C@@H](C)CC1=C)C(C)CC1O[C@H](CC(C)C)[C@H](C)[C@H]1CS(=O)(=O)c1ccccc1. The van der Waals surface area contributed by atoms with Crippen molar-refractivity contribution in [1.82, 2.24) is 0 Å². The first-order valence-corrected chi connectivity index (χ1v) is 16.1. The Morgan fingerprint density at radius 3 is 2.32 bits per heavy atom. The van der Waals surface area contributed by atoms with Gasteiger partial charge in [-0.25, -0.2) is 8.42 Å². The number of rotatable bonds is 14. The summed E-state index contributed by atoms with van der Waals surface area (Å²) in [4.78, 5) is 0.409. The third-order valence-corrected chi connectivity index (χ3v) is 10.3. The van der Waals surface area contributed by atoms with E-state index in [1.54, 1.807) is 24.3 Å². The van der Waals surface area contributed by atoms with Crippen molar-refractivity contribution in [1.29, 1.82) is 0 Å². The van der Waals surface area contributed by atoms with E-state index < -0.39 is 9.84 Å². The van der Waals surface area contributed by atoms with Crippen molar-refractivity contribution < 1.29 is 17.9 Å². The van der Waals surface area contributed by atoms with Gasteiger partial charge in [0.15, 0.2) is 9.84 Å². The summed E-state index contributed by atoms with van der Waals surface area (Å²) in [6.45, 7) is 19.5. The van der Waals surface area contributed by atoms with Gasteiger partial charge in [-0.3, -0.25) is 0 Å². The van der Waals surface area contributed by atoms with Crippen LogP contribution in [0, 0.1) is 23.7 Å². The minimum absolute atomic E-state index is 0.00823. The quantitative estimate of drug-likeness (QED) is 0.182. The lowest BCUT2D eigenvalue weighted by atomic mass is 9.83. The maximum atomic E-state index is 13.3. The zero-order chi connectivity index (χ0) is 27.2. The molecule has 7 atom stereocenters. The molecule has 3 unspecified atom stereocenters. The van der Waals surface area contributed by atoms with Crippen LogP contribution in [0.1, 0.15) is 86.0 Å². The van der Waals surface area contributed by atoms with Gasteiger partial charge in [0, 0.05) is 5.92 Å². The molecule has 208 valence electrons. The largest absolute Gasteiger partial charge is 0.374 e. The summed E-state index contributed by atoms with van der Waals surface area (Å²) in [6.07, 6.45) is 8.90. The standard InChI is InChI=1S/C32H50O4S/c1-22(2)18-31-27(7)29(21-37(33,34)28-15-11-9-12-16-28)32(36-31)20-24(4)23(3)14-10-8-13-17-30-25(5)19-26(6)35-30/h9,11-12,15-16,22,24,26-27,29-32H,3,5,8,10,13-14,17-21H2,1-2,4,6-7H3/t24?,26-,27+,29+,30?,31+,32?/m0/s1. The number of hydrogen-bond acceptors (Lipinski definition) is 4. The zero-order valence-corrected chi connectivity index (χ0v) is 24.6. The van der Waals surface area contributed by atoms with Crippen LogP contribution >= 0.6 is 0 Å². The van der Waals surface area contributed by atoms with Crippen LogP contribution in [0.4, 0.5) is 0 Å². The van der Waals surface area contributed by atoms with Gasteiger partial charge in [0.1, 0.15) is 0 Å². The van der Waals surface area contributed by atoms with Gasteiger partial charge in [0.05, 0.1) is 35.1 Å². The number of sulfone groups is 1. The summed E-state index contributed by atoms with van der Waals surface area (Å²) in [5, 5.41) is 0. The maximum absolute atomic E-state index is 13.3. The fourth-order valence-electron chi connectivity index (χ4n) is 6.08. The summed E-state index contributed by atoms with van der Waals surface area (Å²) in [5.41, 5.74) is 2.50. The molecule has 0 saturated carbocycles. The van der Waals surface area contributed by atoms with Crippen LogP contribution in [0.25, 0.3) is 0 Å². The molecule has 2 fully saturated rings. The smallest absolute Gasteiger partial charge is 0.178 e. The number of benzene rings is 1. The van der Waals surface area contributed by atoms with Gasteiger partial charge in [-0.1, -0.05) is 77.5 Å². The first-order valence-electron chi connectivity index (χ1n) is 14.4. The molecule has 1 aromatic rings. The fraction of sp³-hybridized carbons (Fsp3) is 0.688. The first kappa shape index (κ1) is 30.1. The van der Waals surface area contributed by atoms with E-state index in [2.05, 4.69) is 47.8 Å². The van der Waals surface area contributed by atoms with E-state index >= 15 is 0 Å². The third-order valence-electron chi connectivity index (χ3n) is 8.46. The van der Waals surface area contributed by atoms with Crippen molar-refractivity contribution in [2.24, 2.45) is 23.7 Å². The van der Waals surface area contributed by atoms with Gasteiger partial charge in [0.2, 0.25) is 0 Å². The molecule has 2 heterocycles. The van der Waals surface area contributed by atoms with Crippen molar-refractivity contribution in [3.05, 3.63) is 54.6 Å². The van der Waals surface area contributed by atoms with Gasteiger partial charge >= 0.3 is 0 Å². The summed E-state index contributed by atoms with van der Waals surface area (Å²) in [5.74, 6) is 1.16. The van der Waals surface area contributed by atoms with Crippen LogP contribution in [0.5, 0.6) is 0 Å². The summed E-state index contributed by atoms with van der Waals surface area (Å²) >= 11 is 0. The molecule has 1 aromatic carbocycles. The average Bonchev–Trinajstić information content (AvgIpc) is 3.30. The van der Waals surface area contributed by atoms with Crippen molar-refractivity contribution in [3.63, 3.8) is 0 Å². The molecule has 0 amide bonds. The monoisotopic (exact) mass is 530 g/mol. The Bertz CT molecular complexity index is 983. The number of hydrogen-bond donors (Lipinski definition) is 0. The lowest BCUT2D eigenvalue weighted by Crippen LogP contribution is -2.29. The maximum Gasteiger partial charge on any atom is 0.178 e. The first-order chi connectivity index (χ1) is 17.5. The van der Waals surface area contributed by atoms with Crippen LogP contribution in [0.15, 0.2) is 59.5 Å². The van der Waals surface area contributed by atoms with Gasteiger partial charge in [-0.15, -0.1) is 0 Å². The molecule has 3 rings (SSSR count). The van der Waals surface area contributed by atoms with Crippen molar-refractivity contribution in [3.8, 4) is 0 Å². The van der Waals surface area contributed by atoms with Crippen LogP contribution in [-0.2, 0) is 19.3 Å². The lowest BCUT2D eigenvalue weighted by molar-refractivity contribution is 0.0109. The highest BCUT2D eigenvalue weighted by atomic mass is 32.2. The normalized spacial score (nSPS) is 29.2. The summed E-state index contributed by atoms with van der Waals surface area (Å²) < 4.78 is 39.1. The van der Waals surface area contributed by atoms with E-state index in [4.69, 9.17) is 9.47 Å². The van der Waals surface area contributed by atoms with Crippen molar-refractivity contribution in [2.45, 2.75) is 115 Å². The second-order valence-electron chi connectivity index (χ2n) is 12.2. The second-order valence-corrected chi connectivity index (χ2v) is 14.2. The molecule has 0 aliphatic carbocycles. The predicted molar refractivity (Wildman–Crippen MR) is 153 cm³/mol. The Balaban J connectivity index is 1.54. The Hall–Kier alpha value is -1.43. The topological polar surface area (TPSA) is 52.6 Å². The highest BCUT2D eigenvalue weighted by Crippen LogP contribution is 2.41.